The fourth-order valence-corrected chi connectivity index (χ4v) is 1.03. The normalized spacial score (nSPS) is 12.6. The van der Waals surface area contributed by atoms with Gasteiger partial charge >= 0.3 is 0 Å². The Labute approximate surface area is 95.1 Å². The predicted octanol–water partition coefficient (Wildman–Crippen LogP) is -0.916. The van der Waals surface area contributed by atoms with Gasteiger partial charge in [-0.15, -0.1) is 0 Å². The molecule has 0 aliphatic rings. The molecule has 0 fully saturated rings. The lowest BCUT2D eigenvalue weighted by Crippen LogP contribution is -2.46. The van der Waals surface area contributed by atoms with Crippen LogP contribution in [0.2, 0.25) is 0 Å². The monoisotopic (exact) mass is 237 g/mol. The van der Waals surface area contributed by atoms with Crippen molar-refractivity contribution in [1.82, 2.24) is 10.7 Å². The number of aliphatic hydroxyl groups excluding tert-OH is 1. The molecular weight excluding hydrogens is 218 g/mol. The quantitative estimate of drug-likeness (QED) is 0.197. The standard InChI is InChI=1S/C8H19N3O3S/c1-3-13-7(14-4-2)6(12)5-10-8(15)11-9/h6-7,12H,3-5,9H2,1-2H3,(H2,10,11,15). The third kappa shape index (κ3) is 6.58. The molecule has 0 bridgehead atoms. The lowest BCUT2D eigenvalue weighted by molar-refractivity contribution is -0.187. The second kappa shape index (κ2) is 8.81. The van der Waals surface area contributed by atoms with E-state index in [1.54, 1.807) is 0 Å². The van der Waals surface area contributed by atoms with Crippen molar-refractivity contribution in [3.63, 3.8) is 0 Å². The van der Waals surface area contributed by atoms with E-state index in [1.807, 2.05) is 13.8 Å². The minimum Gasteiger partial charge on any atom is -0.386 e. The smallest absolute Gasteiger partial charge is 0.185 e. The summed E-state index contributed by atoms with van der Waals surface area (Å²) in [5.41, 5.74) is 2.25. The number of thiocarbonyl (C=S) groups is 1. The van der Waals surface area contributed by atoms with E-state index in [9.17, 15) is 5.11 Å². The van der Waals surface area contributed by atoms with Gasteiger partial charge in [-0.1, -0.05) is 0 Å². The van der Waals surface area contributed by atoms with Crippen LogP contribution in [0.15, 0.2) is 0 Å². The molecule has 0 rings (SSSR count). The summed E-state index contributed by atoms with van der Waals surface area (Å²) in [7, 11) is 0. The molecular formula is C8H19N3O3S. The van der Waals surface area contributed by atoms with E-state index >= 15 is 0 Å². The van der Waals surface area contributed by atoms with Crippen molar-refractivity contribution >= 4 is 17.3 Å². The predicted molar refractivity (Wildman–Crippen MR) is 61.0 cm³/mol. The van der Waals surface area contributed by atoms with Crippen LogP contribution in [0.3, 0.4) is 0 Å². The highest BCUT2D eigenvalue weighted by Crippen LogP contribution is 2.01. The molecule has 90 valence electrons. The zero-order valence-electron chi connectivity index (χ0n) is 9.03. The average molecular weight is 237 g/mol. The number of aliphatic hydroxyl groups is 1. The molecule has 0 amide bonds. The van der Waals surface area contributed by atoms with Gasteiger partial charge in [0.25, 0.3) is 0 Å². The van der Waals surface area contributed by atoms with Crippen molar-refractivity contribution in [2.45, 2.75) is 26.2 Å². The molecule has 0 aromatic heterocycles. The van der Waals surface area contributed by atoms with Gasteiger partial charge in [-0.05, 0) is 26.1 Å². The van der Waals surface area contributed by atoms with Gasteiger partial charge in [0, 0.05) is 19.8 Å². The maximum Gasteiger partial charge on any atom is 0.185 e. The van der Waals surface area contributed by atoms with E-state index in [0.717, 1.165) is 0 Å². The third-order valence-corrected chi connectivity index (χ3v) is 1.84. The molecule has 0 aliphatic carbocycles. The summed E-state index contributed by atoms with van der Waals surface area (Å²) in [4.78, 5) is 0. The van der Waals surface area contributed by atoms with Crippen LogP contribution in [0.1, 0.15) is 13.8 Å². The number of hydrazine groups is 1. The Kier molecular flexibility index (Phi) is 8.53. The molecule has 0 aliphatic heterocycles. The topological polar surface area (TPSA) is 88.8 Å². The lowest BCUT2D eigenvalue weighted by atomic mass is 10.3. The van der Waals surface area contributed by atoms with Crippen molar-refractivity contribution in [3.8, 4) is 0 Å². The largest absolute Gasteiger partial charge is 0.386 e. The first-order valence-electron chi connectivity index (χ1n) is 4.81. The first kappa shape index (κ1) is 14.5. The highest BCUT2D eigenvalue weighted by Gasteiger charge is 2.19. The molecule has 15 heavy (non-hydrogen) atoms. The molecule has 0 saturated heterocycles. The Morgan fingerprint density at radius 3 is 2.33 bits per heavy atom. The summed E-state index contributed by atoms with van der Waals surface area (Å²) in [6.07, 6.45) is -1.44. The molecule has 0 heterocycles. The fourth-order valence-electron chi connectivity index (χ4n) is 0.943. The molecule has 5 N–H and O–H groups in total. The van der Waals surface area contributed by atoms with Crippen LogP contribution < -0.4 is 16.6 Å². The van der Waals surface area contributed by atoms with E-state index in [-0.39, 0.29) is 11.7 Å². The van der Waals surface area contributed by atoms with Gasteiger partial charge in [-0.3, -0.25) is 0 Å². The second-order valence-electron chi connectivity index (χ2n) is 2.70. The highest BCUT2D eigenvalue weighted by molar-refractivity contribution is 7.80. The molecule has 1 atom stereocenters. The van der Waals surface area contributed by atoms with Gasteiger partial charge in [0.05, 0.1) is 0 Å². The molecule has 0 aromatic carbocycles. The fraction of sp³-hybridized carbons (Fsp3) is 0.875. The number of hydrogen-bond acceptors (Lipinski definition) is 5. The summed E-state index contributed by atoms with van der Waals surface area (Å²) >= 11 is 4.75. The highest BCUT2D eigenvalue weighted by atomic mass is 32.1. The minimum absolute atomic E-state index is 0.216. The van der Waals surface area contributed by atoms with Gasteiger partial charge in [-0.25, -0.2) is 5.84 Å². The molecule has 0 radical (unpaired) electrons. The molecule has 0 aromatic rings. The summed E-state index contributed by atoms with van der Waals surface area (Å²) in [5.74, 6) is 5.05. The van der Waals surface area contributed by atoms with Gasteiger partial charge in [0.1, 0.15) is 6.10 Å². The summed E-state index contributed by atoms with van der Waals surface area (Å²) in [6, 6.07) is 0. The van der Waals surface area contributed by atoms with E-state index in [4.69, 9.17) is 27.5 Å². The molecule has 1 unspecified atom stereocenters. The van der Waals surface area contributed by atoms with E-state index in [2.05, 4.69) is 10.7 Å². The van der Waals surface area contributed by atoms with Crippen molar-refractivity contribution in [1.29, 1.82) is 0 Å². The zero-order chi connectivity index (χ0) is 11.7. The van der Waals surface area contributed by atoms with Crippen molar-refractivity contribution in [3.05, 3.63) is 0 Å². The van der Waals surface area contributed by atoms with Crippen LogP contribution >= 0.6 is 12.2 Å². The minimum atomic E-state index is -0.795. The Balaban J connectivity index is 3.89. The zero-order valence-corrected chi connectivity index (χ0v) is 9.84. The Morgan fingerprint density at radius 1 is 1.40 bits per heavy atom. The number of rotatable bonds is 7. The van der Waals surface area contributed by atoms with Crippen LogP contribution in [0.4, 0.5) is 0 Å². The number of hydrogen-bond donors (Lipinski definition) is 4. The van der Waals surface area contributed by atoms with Crippen LogP contribution in [0.25, 0.3) is 0 Å². The van der Waals surface area contributed by atoms with Gasteiger partial charge < -0.3 is 25.3 Å². The first-order valence-corrected chi connectivity index (χ1v) is 5.22. The number of nitrogens with two attached hydrogens (primary N) is 1. The van der Waals surface area contributed by atoms with Crippen molar-refractivity contribution in [2.24, 2.45) is 5.84 Å². The Hall–Kier alpha value is -0.470. The van der Waals surface area contributed by atoms with E-state index in [0.29, 0.717) is 13.2 Å². The van der Waals surface area contributed by atoms with Gasteiger partial charge in [0.15, 0.2) is 11.4 Å². The summed E-state index contributed by atoms with van der Waals surface area (Å²) in [5, 5.41) is 12.7. The SMILES string of the molecule is CCOC(OCC)C(O)CNC(=S)NN. The first-order chi connectivity index (χ1) is 7.15. The van der Waals surface area contributed by atoms with Crippen LogP contribution in [-0.4, -0.2) is 42.4 Å². The lowest BCUT2D eigenvalue weighted by Gasteiger charge is -2.23. The van der Waals surface area contributed by atoms with Crippen molar-refractivity contribution in [2.75, 3.05) is 19.8 Å². The van der Waals surface area contributed by atoms with Gasteiger partial charge in [-0.2, -0.15) is 0 Å². The number of ether oxygens (including phenoxy) is 2. The Morgan fingerprint density at radius 2 is 1.93 bits per heavy atom. The second-order valence-corrected chi connectivity index (χ2v) is 3.11. The van der Waals surface area contributed by atoms with E-state index in [1.165, 1.54) is 0 Å². The molecule has 0 spiro atoms. The Bertz CT molecular complexity index is 177. The van der Waals surface area contributed by atoms with E-state index < -0.39 is 12.4 Å². The van der Waals surface area contributed by atoms with Crippen molar-refractivity contribution < 1.29 is 14.6 Å². The molecule has 6 nitrogen and oxygen atoms in total. The van der Waals surface area contributed by atoms with Gasteiger partial charge in [0.2, 0.25) is 0 Å². The number of nitrogens with one attached hydrogen (secondary N) is 2. The average Bonchev–Trinajstić information content (AvgIpc) is 2.25. The van der Waals surface area contributed by atoms with Crippen LogP contribution in [-0.2, 0) is 9.47 Å². The van der Waals surface area contributed by atoms with Crippen LogP contribution in [0, 0.1) is 0 Å². The molecule has 7 heteroatoms. The maximum absolute atomic E-state index is 9.67. The third-order valence-electron chi connectivity index (χ3n) is 1.58. The molecule has 0 saturated carbocycles. The summed E-state index contributed by atoms with van der Waals surface area (Å²) < 4.78 is 10.4. The maximum atomic E-state index is 9.67. The summed E-state index contributed by atoms with van der Waals surface area (Å²) in [6.45, 7) is 4.83. The van der Waals surface area contributed by atoms with Crippen LogP contribution in [0.5, 0.6) is 0 Å².